The van der Waals surface area contributed by atoms with Gasteiger partial charge >= 0.3 is 0 Å². The Morgan fingerprint density at radius 3 is 2.26 bits per heavy atom. The lowest BCUT2D eigenvalue weighted by Gasteiger charge is -2.19. The minimum Gasteiger partial charge on any atom is -0.395 e. The van der Waals surface area contributed by atoms with Crippen LogP contribution in [-0.2, 0) is 16.6 Å². The molecule has 0 atom stereocenters. The first-order chi connectivity index (χ1) is 8.84. The minimum absolute atomic E-state index is 0.0164. The van der Waals surface area contributed by atoms with Gasteiger partial charge in [-0.2, -0.15) is 0 Å². The molecule has 0 aliphatic carbocycles. The molecule has 3 nitrogen and oxygen atoms in total. The highest BCUT2D eigenvalue weighted by atomic mass is 16.3. The number of amides is 1. The van der Waals surface area contributed by atoms with E-state index in [-0.39, 0.29) is 17.9 Å². The van der Waals surface area contributed by atoms with E-state index in [0.717, 1.165) is 6.42 Å². The van der Waals surface area contributed by atoms with Crippen molar-refractivity contribution in [2.24, 2.45) is 0 Å². The molecular weight excluding hydrogens is 238 g/mol. The predicted molar refractivity (Wildman–Crippen MR) is 78.2 cm³/mol. The molecule has 0 unspecified atom stereocenters. The van der Waals surface area contributed by atoms with Crippen molar-refractivity contribution in [2.45, 2.75) is 39.0 Å². The van der Waals surface area contributed by atoms with E-state index >= 15 is 0 Å². The second-order valence-corrected chi connectivity index (χ2v) is 5.99. The Labute approximate surface area is 116 Å². The van der Waals surface area contributed by atoms with Gasteiger partial charge in [-0.15, -0.1) is 0 Å². The SMILES string of the molecule is CN(CCO)C(=O)CCc1ccc(C(C)(C)C)cc1. The monoisotopic (exact) mass is 263 g/mol. The van der Waals surface area contributed by atoms with E-state index < -0.39 is 0 Å². The van der Waals surface area contributed by atoms with E-state index in [4.69, 9.17) is 5.11 Å². The fraction of sp³-hybridized carbons (Fsp3) is 0.562. The average molecular weight is 263 g/mol. The van der Waals surface area contributed by atoms with Gasteiger partial charge in [0, 0.05) is 20.0 Å². The van der Waals surface area contributed by atoms with Crippen molar-refractivity contribution in [3.8, 4) is 0 Å². The van der Waals surface area contributed by atoms with Crippen LogP contribution in [0.15, 0.2) is 24.3 Å². The van der Waals surface area contributed by atoms with Crippen LogP contribution in [0.3, 0.4) is 0 Å². The summed E-state index contributed by atoms with van der Waals surface area (Å²) < 4.78 is 0. The Hall–Kier alpha value is -1.35. The van der Waals surface area contributed by atoms with Crippen molar-refractivity contribution in [1.82, 2.24) is 4.90 Å². The zero-order chi connectivity index (χ0) is 14.5. The largest absolute Gasteiger partial charge is 0.395 e. The summed E-state index contributed by atoms with van der Waals surface area (Å²) in [5.41, 5.74) is 2.65. The molecule has 1 aromatic rings. The molecule has 0 heterocycles. The van der Waals surface area contributed by atoms with Gasteiger partial charge in [0.2, 0.25) is 5.91 Å². The molecule has 0 aliphatic rings. The Kier molecular flexibility index (Phi) is 5.55. The first kappa shape index (κ1) is 15.7. The van der Waals surface area contributed by atoms with E-state index in [1.165, 1.54) is 11.1 Å². The van der Waals surface area contributed by atoms with Crippen molar-refractivity contribution in [3.05, 3.63) is 35.4 Å². The lowest BCUT2D eigenvalue weighted by atomic mass is 9.86. The van der Waals surface area contributed by atoms with E-state index in [2.05, 4.69) is 45.0 Å². The summed E-state index contributed by atoms with van der Waals surface area (Å²) in [5, 5.41) is 8.78. The van der Waals surface area contributed by atoms with E-state index in [1.807, 2.05) is 0 Å². The van der Waals surface area contributed by atoms with Gasteiger partial charge in [-0.25, -0.2) is 0 Å². The van der Waals surface area contributed by atoms with Gasteiger partial charge in [0.1, 0.15) is 0 Å². The predicted octanol–water partition coefficient (Wildman–Crippen LogP) is 2.37. The fourth-order valence-corrected chi connectivity index (χ4v) is 1.89. The number of nitrogens with zero attached hydrogens (tertiary/aromatic N) is 1. The number of hydrogen-bond donors (Lipinski definition) is 1. The van der Waals surface area contributed by atoms with Crippen LogP contribution in [0.2, 0.25) is 0 Å². The zero-order valence-corrected chi connectivity index (χ0v) is 12.4. The number of carbonyl (C=O) groups is 1. The van der Waals surface area contributed by atoms with Gasteiger partial charge in [0.15, 0.2) is 0 Å². The van der Waals surface area contributed by atoms with Crippen LogP contribution in [0.1, 0.15) is 38.3 Å². The molecular formula is C16H25NO2. The smallest absolute Gasteiger partial charge is 0.222 e. The zero-order valence-electron chi connectivity index (χ0n) is 12.4. The lowest BCUT2D eigenvalue weighted by Crippen LogP contribution is -2.29. The Morgan fingerprint density at radius 2 is 1.79 bits per heavy atom. The third kappa shape index (κ3) is 5.03. The molecule has 1 amide bonds. The highest BCUT2D eigenvalue weighted by molar-refractivity contribution is 5.76. The molecule has 0 saturated carbocycles. The van der Waals surface area contributed by atoms with Crippen molar-refractivity contribution < 1.29 is 9.90 Å². The minimum atomic E-state index is 0.0164. The molecule has 0 spiro atoms. The van der Waals surface area contributed by atoms with Crippen LogP contribution in [-0.4, -0.2) is 36.1 Å². The van der Waals surface area contributed by atoms with Gasteiger partial charge in [-0.3, -0.25) is 4.79 Å². The first-order valence-electron chi connectivity index (χ1n) is 6.79. The maximum atomic E-state index is 11.7. The summed E-state index contributed by atoms with van der Waals surface area (Å²) >= 11 is 0. The van der Waals surface area contributed by atoms with Crippen LogP contribution in [0, 0.1) is 0 Å². The molecule has 1 rings (SSSR count). The molecule has 19 heavy (non-hydrogen) atoms. The Morgan fingerprint density at radius 1 is 1.21 bits per heavy atom. The second-order valence-electron chi connectivity index (χ2n) is 5.99. The highest BCUT2D eigenvalue weighted by Crippen LogP contribution is 2.22. The van der Waals surface area contributed by atoms with E-state index in [9.17, 15) is 4.79 Å². The summed E-state index contributed by atoms with van der Waals surface area (Å²) in [5.74, 6) is 0.0777. The van der Waals surface area contributed by atoms with Crippen molar-refractivity contribution in [2.75, 3.05) is 20.2 Å². The number of aryl methyl sites for hydroxylation is 1. The number of carbonyl (C=O) groups excluding carboxylic acids is 1. The van der Waals surface area contributed by atoms with E-state index in [1.54, 1.807) is 11.9 Å². The highest BCUT2D eigenvalue weighted by Gasteiger charge is 2.13. The molecule has 106 valence electrons. The van der Waals surface area contributed by atoms with Crippen LogP contribution in [0.5, 0.6) is 0 Å². The molecule has 0 aliphatic heterocycles. The maximum absolute atomic E-state index is 11.7. The number of aliphatic hydroxyl groups excluding tert-OH is 1. The van der Waals surface area contributed by atoms with E-state index in [0.29, 0.717) is 13.0 Å². The molecule has 0 radical (unpaired) electrons. The molecule has 0 bridgehead atoms. The number of rotatable bonds is 5. The summed E-state index contributed by atoms with van der Waals surface area (Å²) in [6.07, 6.45) is 1.24. The van der Waals surface area contributed by atoms with Crippen LogP contribution in [0.4, 0.5) is 0 Å². The molecule has 3 heteroatoms. The fourth-order valence-electron chi connectivity index (χ4n) is 1.89. The Balaban J connectivity index is 2.53. The standard InChI is InChI=1S/C16H25NO2/c1-16(2,3)14-8-5-13(6-9-14)7-10-15(19)17(4)11-12-18/h5-6,8-9,18H,7,10-12H2,1-4H3. The quantitative estimate of drug-likeness (QED) is 0.886. The first-order valence-corrected chi connectivity index (χ1v) is 6.79. The van der Waals surface area contributed by atoms with Crippen molar-refractivity contribution in [1.29, 1.82) is 0 Å². The van der Waals surface area contributed by atoms with Gasteiger partial charge in [0.05, 0.1) is 6.61 Å². The number of benzene rings is 1. The molecule has 1 aromatic carbocycles. The lowest BCUT2D eigenvalue weighted by molar-refractivity contribution is -0.130. The average Bonchev–Trinajstić information content (AvgIpc) is 2.35. The second kappa shape index (κ2) is 6.71. The van der Waals surface area contributed by atoms with Gasteiger partial charge in [-0.1, -0.05) is 45.0 Å². The van der Waals surface area contributed by atoms with Gasteiger partial charge in [0.25, 0.3) is 0 Å². The normalized spacial score (nSPS) is 11.4. The summed E-state index contributed by atoms with van der Waals surface area (Å²) in [4.78, 5) is 13.3. The van der Waals surface area contributed by atoms with Crippen molar-refractivity contribution >= 4 is 5.91 Å². The summed E-state index contributed by atoms with van der Waals surface area (Å²) in [6, 6.07) is 8.47. The summed E-state index contributed by atoms with van der Waals surface area (Å²) in [7, 11) is 1.72. The topological polar surface area (TPSA) is 40.5 Å². The number of hydrogen-bond acceptors (Lipinski definition) is 2. The molecule has 0 aromatic heterocycles. The van der Waals surface area contributed by atoms with Crippen molar-refractivity contribution in [3.63, 3.8) is 0 Å². The molecule has 1 N–H and O–H groups in total. The number of likely N-dealkylation sites (N-methyl/N-ethyl adjacent to an activating group) is 1. The van der Waals surface area contributed by atoms with Crippen LogP contribution < -0.4 is 0 Å². The molecule has 0 saturated heterocycles. The third-order valence-corrected chi connectivity index (χ3v) is 3.31. The van der Waals surface area contributed by atoms with Crippen LogP contribution >= 0.6 is 0 Å². The summed E-state index contributed by atoms with van der Waals surface area (Å²) in [6.45, 7) is 6.99. The maximum Gasteiger partial charge on any atom is 0.222 e. The molecule has 0 fully saturated rings. The Bertz CT molecular complexity index is 404. The van der Waals surface area contributed by atoms with Gasteiger partial charge in [-0.05, 0) is 23.0 Å². The number of aliphatic hydroxyl groups is 1. The third-order valence-electron chi connectivity index (χ3n) is 3.31. The van der Waals surface area contributed by atoms with Crippen LogP contribution in [0.25, 0.3) is 0 Å². The van der Waals surface area contributed by atoms with Gasteiger partial charge < -0.3 is 10.0 Å².